The molecule has 0 radical (unpaired) electrons. The maximum absolute atomic E-state index is 12.2. The Bertz CT molecular complexity index is 1330. The second-order valence-electron chi connectivity index (χ2n) is 7.36. The Morgan fingerprint density at radius 2 is 1.67 bits per heavy atom. The maximum atomic E-state index is 12.2. The summed E-state index contributed by atoms with van der Waals surface area (Å²) in [7, 11) is 0. The van der Waals surface area contributed by atoms with Crippen molar-refractivity contribution in [2.45, 2.75) is 13.0 Å². The molecule has 0 bridgehead atoms. The van der Waals surface area contributed by atoms with Gasteiger partial charge < -0.3 is 4.74 Å². The van der Waals surface area contributed by atoms with Crippen LogP contribution in [0.4, 0.5) is 5.69 Å². The molecule has 0 aliphatic heterocycles. The van der Waals surface area contributed by atoms with Crippen molar-refractivity contribution < 1.29 is 14.5 Å². The molecular weight excluding hydrogens is 418 g/mol. The molecule has 7 heteroatoms. The van der Waals surface area contributed by atoms with E-state index in [2.05, 4.69) is 34.8 Å². The topological polar surface area (TPSA) is 93.8 Å². The van der Waals surface area contributed by atoms with Gasteiger partial charge in [-0.1, -0.05) is 66.7 Å². The van der Waals surface area contributed by atoms with Crippen molar-refractivity contribution in [3.05, 3.63) is 118 Å². The first-order valence-electron chi connectivity index (χ1n) is 10.3. The van der Waals surface area contributed by atoms with E-state index in [-0.39, 0.29) is 12.1 Å². The summed E-state index contributed by atoms with van der Waals surface area (Å²) >= 11 is 0. The largest absolute Gasteiger partial charge is 0.488 e. The van der Waals surface area contributed by atoms with Crippen LogP contribution in [0.2, 0.25) is 0 Å². The SMILES string of the molecule is O=C(Cc1ccccc1[N+](=O)[O-])N/N=C/c1ccccc1OCc1ccc2ccccc2c1. The molecule has 0 unspecified atom stereocenters. The first-order chi connectivity index (χ1) is 16.1. The van der Waals surface area contributed by atoms with Crippen LogP contribution in [0.1, 0.15) is 16.7 Å². The zero-order chi connectivity index (χ0) is 23.0. The van der Waals surface area contributed by atoms with Gasteiger partial charge in [-0.3, -0.25) is 14.9 Å². The number of hydrogen-bond donors (Lipinski definition) is 1. The average molecular weight is 439 g/mol. The Balaban J connectivity index is 1.39. The number of hydrogen-bond acceptors (Lipinski definition) is 5. The summed E-state index contributed by atoms with van der Waals surface area (Å²) in [6.45, 7) is 0.389. The van der Waals surface area contributed by atoms with Gasteiger partial charge in [0, 0.05) is 17.2 Å². The van der Waals surface area contributed by atoms with E-state index in [4.69, 9.17) is 4.74 Å². The number of rotatable bonds is 8. The molecule has 0 saturated carbocycles. The molecule has 1 N–H and O–H groups in total. The fourth-order valence-electron chi connectivity index (χ4n) is 3.43. The predicted octanol–water partition coefficient (Wildman–Crippen LogP) is 5.02. The van der Waals surface area contributed by atoms with Gasteiger partial charge in [0.15, 0.2) is 0 Å². The van der Waals surface area contributed by atoms with Crippen molar-refractivity contribution >= 4 is 28.6 Å². The first-order valence-corrected chi connectivity index (χ1v) is 10.3. The van der Waals surface area contributed by atoms with Gasteiger partial charge in [-0.05, 0) is 34.5 Å². The number of hydrazone groups is 1. The molecule has 0 aliphatic rings. The number of para-hydroxylation sites is 2. The fourth-order valence-corrected chi connectivity index (χ4v) is 3.43. The smallest absolute Gasteiger partial charge is 0.273 e. The van der Waals surface area contributed by atoms with Crippen molar-refractivity contribution in [2.24, 2.45) is 5.10 Å². The number of benzene rings is 4. The molecule has 33 heavy (non-hydrogen) atoms. The van der Waals surface area contributed by atoms with Gasteiger partial charge in [-0.15, -0.1) is 0 Å². The van der Waals surface area contributed by atoms with E-state index in [1.165, 1.54) is 17.7 Å². The molecule has 0 aromatic heterocycles. The second kappa shape index (κ2) is 10.2. The minimum atomic E-state index is -0.505. The van der Waals surface area contributed by atoms with Crippen LogP contribution in [0.25, 0.3) is 10.8 Å². The number of carbonyl (C=O) groups excluding carboxylic acids is 1. The van der Waals surface area contributed by atoms with Crippen LogP contribution in [0, 0.1) is 10.1 Å². The van der Waals surface area contributed by atoms with Gasteiger partial charge in [-0.25, -0.2) is 5.43 Å². The fraction of sp³-hybridized carbons (Fsp3) is 0.0769. The number of nitro benzene ring substituents is 1. The molecule has 0 fully saturated rings. The van der Waals surface area contributed by atoms with Crippen LogP contribution in [0.5, 0.6) is 5.75 Å². The lowest BCUT2D eigenvalue weighted by Crippen LogP contribution is -2.20. The molecule has 0 heterocycles. The third-order valence-electron chi connectivity index (χ3n) is 5.06. The normalized spacial score (nSPS) is 10.9. The zero-order valence-electron chi connectivity index (χ0n) is 17.7. The minimum absolute atomic E-state index is 0.0935. The summed E-state index contributed by atoms with van der Waals surface area (Å²) in [5, 5.41) is 17.4. The molecule has 0 atom stereocenters. The summed E-state index contributed by atoms with van der Waals surface area (Å²) in [5.74, 6) is 0.178. The lowest BCUT2D eigenvalue weighted by Gasteiger charge is -2.10. The lowest BCUT2D eigenvalue weighted by atomic mass is 10.1. The second-order valence-corrected chi connectivity index (χ2v) is 7.36. The highest BCUT2D eigenvalue weighted by Gasteiger charge is 2.15. The molecule has 4 rings (SSSR count). The summed E-state index contributed by atoms with van der Waals surface area (Å²) in [6, 6.07) is 27.8. The van der Waals surface area contributed by atoms with Crippen molar-refractivity contribution in [1.29, 1.82) is 0 Å². The number of ether oxygens (including phenoxy) is 1. The van der Waals surface area contributed by atoms with Gasteiger partial charge >= 0.3 is 0 Å². The van der Waals surface area contributed by atoms with Gasteiger partial charge in [0.25, 0.3) is 5.69 Å². The third-order valence-corrected chi connectivity index (χ3v) is 5.06. The van der Waals surface area contributed by atoms with E-state index in [1.54, 1.807) is 18.2 Å². The summed E-state index contributed by atoms with van der Waals surface area (Å²) in [6.07, 6.45) is 1.35. The predicted molar refractivity (Wildman–Crippen MR) is 127 cm³/mol. The molecule has 0 spiro atoms. The monoisotopic (exact) mass is 439 g/mol. The summed E-state index contributed by atoms with van der Waals surface area (Å²) in [5.41, 5.74) is 4.39. The summed E-state index contributed by atoms with van der Waals surface area (Å²) in [4.78, 5) is 22.8. The van der Waals surface area contributed by atoms with Crippen LogP contribution < -0.4 is 10.2 Å². The van der Waals surface area contributed by atoms with Crippen LogP contribution in [-0.4, -0.2) is 17.0 Å². The van der Waals surface area contributed by atoms with Gasteiger partial charge in [0.2, 0.25) is 5.91 Å². The van der Waals surface area contributed by atoms with E-state index in [9.17, 15) is 14.9 Å². The highest BCUT2D eigenvalue weighted by molar-refractivity contribution is 5.86. The Labute approximate surface area is 190 Å². The number of nitro groups is 1. The maximum Gasteiger partial charge on any atom is 0.273 e. The number of fused-ring (bicyclic) bond motifs is 1. The average Bonchev–Trinajstić information content (AvgIpc) is 2.83. The lowest BCUT2D eigenvalue weighted by molar-refractivity contribution is -0.385. The number of amides is 1. The molecule has 4 aromatic carbocycles. The highest BCUT2D eigenvalue weighted by Crippen LogP contribution is 2.21. The van der Waals surface area contributed by atoms with Crippen molar-refractivity contribution in [2.75, 3.05) is 0 Å². The van der Waals surface area contributed by atoms with Crippen LogP contribution in [0.15, 0.2) is 96.1 Å². The van der Waals surface area contributed by atoms with Crippen LogP contribution in [0.3, 0.4) is 0 Å². The molecule has 7 nitrogen and oxygen atoms in total. The van der Waals surface area contributed by atoms with E-state index >= 15 is 0 Å². The van der Waals surface area contributed by atoms with Gasteiger partial charge in [0.1, 0.15) is 12.4 Å². The molecule has 4 aromatic rings. The Kier molecular flexibility index (Phi) is 6.70. The number of nitrogens with one attached hydrogen (secondary N) is 1. The quantitative estimate of drug-likeness (QED) is 0.237. The Morgan fingerprint density at radius 1 is 0.939 bits per heavy atom. The molecular formula is C26H21N3O4. The van der Waals surface area contributed by atoms with E-state index in [0.717, 1.165) is 10.9 Å². The van der Waals surface area contributed by atoms with E-state index in [1.807, 2.05) is 42.5 Å². The molecule has 1 amide bonds. The number of nitrogens with zero attached hydrogens (tertiary/aromatic N) is 2. The van der Waals surface area contributed by atoms with Crippen molar-refractivity contribution in [3.63, 3.8) is 0 Å². The van der Waals surface area contributed by atoms with E-state index in [0.29, 0.717) is 23.5 Å². The Hall–Kier alpha value is -4.52. The first kappa shape index (κ1) is 21.7. The molecule has 0 saturated heterocycles. The zero-order valence-corrected chi connectivity index (χ0v) is 17.7. The Morgan fingerprint density at radius 3 is 2.52 bits per heavy atom. The number of carbonyl (C=O) groups is 1. The van der Waals surface area contributed by atoms with Crippen LogP contribution in [-0.2, 0) is 17.8 Å². The van der Waals surface area contributed by atoms with Crippen LogP contribution >= 0.6 is 0 Å². The summed E-state index contributed by atoms with van der Waals surface area (Å²) < 4.78 is 5.99. The highest BCUT2D eigenvalue weighted by atomic mass is 16.6. The molecule has 0 aliphatic carbocycles. The van der Waals surface area contributed by atoms with Gasteiger partial charge in [0.05, 0.1) is 17.6 Å². The standard InChI is InChI=1S/C26H21N3O4/c30-26(16-22-9-3-5-11-24(22)29(31)32)28-27-17-23-10-4-6-12-25(23)33-18-19-13-14-20-7-1-2-8-21(20)15-19/h1-15,17H,16,18H2,(H,28,30)/b27-17+. The molecule has 164 valence electrons. The van der Waals surface area contributed by atoms with Crippen molar-refractivity contribution in [3.8, 4) is 5.75 Å². The van der Waals surface area contributed by atoms with Crippen molar-refractivity contribution in [1.82, 2.24) is 5.43 Å². The van der Waals surface area contributed by atoms with E-state index < -0.39 is 10.8 Å². The van der Waals surface area contributed by atoms with Gasteiger partial charge in [-0.2, -0.15) is 5.10 Å². The third kappa shape index (κ3) is 5.59. The minimum Gasteiger partial charge on any atom is -0.488 e.